The van der Waals surface area contributed by atoms with Crippen LogP contribution >= 0.6 is 11.3 Å². The summed E-state index contributed by atoms with van der Waals surface area (Å²) in [5, 5.41) is 4.73. The molecule has 0 saturated heterocycles. The van der Waals surface area contributed by atoms with Gasteiger partial charge in [-0.1, -0.05) is 11.3 Å². The SMILES string of the molecule is CC(C)(C)S(=O)(=O)CCNCc1csc(=O)[nH]1. The van der Waals surface area contributed by atoms with Gasteiger partial charge in [0.1, 0.15) is 0 Å². The minimum atomic E-state index is -3.08. The van der Waals surface area contributed by atoms with E-state index in [1.54, 1.807) is 26.2 Å². The first-order chi connectivity index (χ1) is 7.72. The highest BCUT2D eigenvalue weighted by molar-refractivity contribution is 7.92. The average molecular weight is 278 g/mol. The van der Waals surface area contributed by atoms with E-state index in [-0.39, 0.29) is 10.6 Å². The molecule has 0 fully saturated rings. The highest BCUT2D eigenvalue weighted by Crippen LogP contribution is 2.15. The smallest absolute Gasteiger partial charge is 0.304 e. The van der Waals surface area contributed by atoms with E-state index in [4.69, 9.17) is 0 Å². The molecule has 7 heteroatoms. The van der Waals surface area contributed by atoms with Gasteiger partial charge in [-0.15, -0.1) is 0 Å². The molecular formula is C10H18N2O3S2. The molecule has 0 aliphatic rings. The third-order valence-electron chi connectivity index (χ3n) is 2.37. The van der Waals surface area contributed by atoms with Crippen LogP contribution in [0, 0.1) is 0 Å². The molecule has 1 aromatic heterocycles. The fourth-order valence-corrected chi connectivity index (χ4v) is 2.74. The van der Waals surface area contributed by atoms with Crippen molar-refractivity contribution in [1.82, 2.24) is 10.3 Å². The monoisotopic (exact) mass is 278 g/mol. The molecule has 0 bridgehead atoms. The van der Waals surface area contributed by atoms with Crippen LogP contribution in [-0.4, -0.2) is 30.4 Å². The molecule has 0 atom stereocenters. The zero-order valence-corrected chi connectivity index (χ0v) is 11.9. The first kappa shape index (κ1) is 14.4. The maximum atomic E-state index is 11.8. The lowest BCUT2D eigenvalue weighted by molar-refractivity contribution is 0.555. The Kier molecular flexibility index (Phi) is 4.51. The van der Waals surface area contributed by atoms with Crippen molar-refractivity contribution in [3.05, 3.63) is 20.7 Å². The summed E-state index contributed by atoms with van der Waals surface area (Å²) in [6.45, 7) is 5.95. The molecule has 0 unspecified atom stereocenters. The van der Waals surface area contributed by atoms with Gasteiger partial charge in [-0.25, -0.2) is 8.42 Å². The van der Waals surface area contributed by atoms with E-state index in [0.29, 0.717) is 13.1 Å². The molecule has 98 valence electrons. The molecular weight excluding hydrogens is 260 g/mol. The van der Waals surface area contributed by atoms with Gasteiger partial charge in [0.15, 0.2) is 9.84 Å². The Morgan fingerprint density at radius 2 is 2.06 bits per heavy atom. The molecule has 1 heterocycles. The summed E-state index contributed by atoms with van der Waals surface area (Å²) in [4.78, 5) is 13.4. The summed E-state index contributed by atoms with van der Waals surface area (Å²) in [7, 11) is -3.08. The molecule has 0 spiro atoms. The van der Waals surface area contributed by atoms with Crippen molar-refractivity contribution in [3.8, 4) is 0 Å². The number of nitrogens with one attached hydrogen (secondary N) is 2. The summed E-state index contributed by atoms with van der Waals surface area (Å²) in [5.41, 5.74) is 0.785. The average Bonchev–Trinajstić information content (AvgIpc) is 2.57. The summed E-state index contributed by atoms with van der Waals surface area (Å²) in [6, 6.07) is 0. The number of sulfone groups is 1. The fourth-order valence-electron chi connectivity index (χ4n) is 1.14. The Morgan fingerprint density at radius 3 is 2.53 bits per heavy atom. The van der Waals surface area contributed by atoms with Crippen LogP contribution in [0.15, 0.2) is 10.2 Å². The summed E-state index contributed by atoms with van der Waals surface area (Å²) in [6.07, 6.45) is 0. The summed E-state index contributed by atoms with van der Waals surface area (Å²) < 4.78 is 22.8. The number of aromatic nitrogens is 1. The van der Waals surface area contributed by atoms with Crippen molar-refractivity contribution in [2.24, 2.45) is 0 Å². The number of rotatable bonds is 5. The maximum Gasteiger partial charge on any atom is 0.304 e. The van der Waals surface area contributed by atoms with E-state index in [0.717, 1.165) is 17.0 Å². The largest absolute Gasteiger partial charge is 0.315 e. The zero-order chi connectivity index (χ0) is 13.1. The van der Waals surface area contributed by atoms with Crippen molar-refractivity contribution >= 4 is 21.2 Å². The van der Waals surface area contributed by atoms with Crippen molar-refractivity contribution in [2.45, 2.75) is 32.1 Å². The van der Waals surface area contributed by atoms with Gasteiger partial charge in [-0.2, -0.15) is 0 Å². The molecule has 0 radical (unpaired) electrons. The third kappa shape index (κ3) is 4.25. The normalized spacial score (nSPS) is 12.9. The highest BCUT2D eigenvalue weighted by atomic mass is 32.2. The van der Waals surface area contributed by atoms with Gasteiger partial charge in [-0.3, -0.25) is 4.79 Å². The minimum Gasteiger partial charge on any atom is -0.315 e. The number of aromatic amines is 1. The van der Waals surface area contributed by atoms with Crippen molar-refractivity contribution in [3.63, 3.8) is 0 Å². The standard InChI is InChI=1S/C10H18N2O3S2/c1-10(2,3)17(14,15)5-4-11-6-8-7-16-9(13)12-8/h7,11H,4-6H2,1-3H3,(H,12,13). The van der Waals surface area contributed by atoms with E-state index in [1.165, 1.54) is 0 Å². The van der Waals surface area contributed by atoms with Crippen LogP contribution in [0.3, 0.4) is 0 Å². The second kappa shape index (κ2) is 5.32. The molecule has 1 rings (SSSR count). The summed E-state index contributed by atoms with van der Waals surface area (Å²) >= 11 is 1.10. The van der Waals surface area contributed by atoms with Gasteiger partial charge in [0.25, 0.3) is 0 Å². The number of thiazole rings is 1. The molecule has 2 N–H and O–H groups in total. The van der Waals surface area contributed by atoms with Crippen LogP contribution in [-0.2, 0) is 16.4 Å². The van der Waals surface area contributed by atoms with E-state index in [9.17, 15) is 13.2 Å². The lowest BCUT2D eigenvalue weighted by Gasteiger charge is -2.19. The predicted molar refractivity (Wildman–Crippen MR) is 70.2 cm³/mol. The second-order valence-corrected chi connectivity index (χ2v) is 8.49. The first-order valence-electron chi connectivity index (χ1n) is 5.32. The molecule has 0 saturated carbocycles. The Bertz CT molecular complexity index is 508. The van der Waals surface area contributed by atoms with Crippen LogP contribution in [0.1, 0.15) is 26.5 Å². The Labute approximate surface area is 105 Å². The number of hydrogen-bond acceptors (Lipinski definition) is 5. The summed E-state index contributed by atoms with van der Waals surface area (Å²) in [5.74, 6) is 0.102. The van der Waals surface area contributed by atoms with E-state index < -0.39 is 14.6 Å². The van der Waals surface area contributed by atoms with Gasteiger partial charge in [0.2, 0.25) is 0 Å². The molecule has 0 aliphatic carbocycles. The van der Waals surface area contributed by atoms with Gasteiger partial charge in [-0.05, 0) is 20.8 Å². The maximum absolute atomic E-state index is 11.8. The predicted octanol–water partition coefficient (Wildman–Crippen LogP) is 0.739. The third-order valence-corrected chi connectivity index (χ3v) is 5.69. The topological polar surface area (TPSA) is 79.0 Å². The van der Waals surface area contributed by atoms with Crippen LogP contribution in [0.4, 0.5) is 0 Å². The highest BCUT2D eigenvalue weighted by Gasteiger charge is 2.27. The molecule has 5 nitrogen and oxygen atoms in total. The molecule has 0 amide bonds. The molecule has 0 aromatic carbocycles. The van der Waals surface area contributed by atoms with Gasteiger partial charge in [0, 0.05) is 24.2 Å². The quantitative estimate of drug-likeness (QED) is 0.779. The van der Waals surface area contributed by atoms with Crippen LogP contribution in [0.5, 0.6) is 0 Å². The number of H-pyrrole nitrogens is 1. The Hall–Kier alpha value is -0.660. The number of hydrogen-bond donors (Lipinski definition) is 2. The molecule has 1 aromatic rings. The van der Waals surface area contributed by atoms with E-state index in [2.05, 4.69) is 10.3 Å². The molecule has 17 heavy (non-hydrogen) atoms. The van der Waals surface area contributed by atoms with Gasteiger partial charge < -0.3 is 10.3 Å². The van der Waals surface area contributed by atoms with Crippen molar-refractivity contribution in [1.29, 1.82) is 0 Å². The minimum absolute atomic E-state index is 0.0934. The zero-order valence-electron chi connectivity index (χ0n) is 10.2. The van der Waals surface area contributed by atoms with Crippen LogP contribution < -0.4 is 10.2 Å². The van der Waals surface area contributed by atoms with Gasteiger partial charge >= 0.3 is 4.87 Å². The lowest BCUT2D eigenvalue weighted by Crippen LogP contribution is -2.34. The lowest BCUT2D eigenvalue weighted by atomic mass is 10.3. The van der Waals surface area contributed by atoms with Crippen molar-refractivity contribution in [2.75, 3.05) is 12.3 Å². The van der Waals surface area contributed by atoms with Gasteiger partial charge in [0.05, 0.1) is 10.5 Å². The van der Waals surface area contributed by atoms with Crippen molar-refractivity contribution < 1.29 is 8.42 Å². The molecule has 0 aliphatic heterocycles. The second-order valence-electron chi connectivity index (χ2n) is 4.78. The fraction of sp³-hybridized carbons (Fsp3) is 0.700. The van der Waals surface area contributed by atoms with Crippen LogP contribution in [0.25, 0.3) is 0 Å². The van der Waals surface area contributed by atoms with E-state index in [1.807, 2.05) is 0 Å². The Balaban J connectivity index is 2.37. The van der Waals surface area contributed by atoms with Crippen LogP contribution in [0.2, 0.25) is 0 Å². The Morgan fingerprint density at radius 1 is 1.41 bits per heavy atom. The first-order valence-corrected chi connectivity index (χ1v) is 7.85. The van der Waals surface area contributed by atoms with E-state index >= 15 is 0 Å².